The molecule has 0 atom stereocenters. The zero-order valence-electron chi connectivity index (χ0n) is 11.9. The zero-order chi connectivity index (χ0) is 13.7. The molecule has 0 bridgehead atoms. The highest BCUT2D eigenvalue weighted by atomic mass is 16.1. The molecule has 0 saturated heterocycles. The Balaban J connectivity index is 1.84. The molecule has 1 aliphatic carbocycles. The van der Waals surface area contributed by atoms with Crippen LogP contribution in [0.3, 0.4) is 0 Å². The molecule has 1 aromatic heterocycles. The third-order valence-electron chi connectivity index (χ3n) is 4.25. The minimum absolute atomic E-state index is 0.00771. The van der Waals surface area contributed by atoms with Crippen LogP contribution >= 0.6 is 0 Å². The summed E-state index contributed by atoms with van der Waals surface area (Å²) < 4.78 is 0. The fourth-order valence-electron chi connectivity index (χ4n) is 2.86. The van der Waals surface area contributed by atoms with Crippen molar-refractivity contribution in [3.8, 4) is 0 Å². The van der Waals surface area contributed by atoms with E-state index in [9.17, 15) is 4.79 Å². The van der Waals surface area contributed by atoms with E-state index in [0.717, 1.165) is 24.1 Å². The lowest BCUT2D eigenvalue weighted by atomic mass is 9.79. The maximum atomic E-state index is 12.1. The van der Waals surface area contributed by atoms with Crippen molar-refractivity contribution in [3.63, 3.8) is 0 Å². The van der Waals surface area contributed by atoms with Crippen molar-refractivity contribution >= 4 is 5.91 Å². The van der Waals surface area contributed by atoms with Gasteiger partial charge in [0, 0.05) is 29.8 Å². The van der Waals surface area contributed by atoms with Gasteiger partial charge in [-0.1, -0.05) is 19.3 Å². The average Bonchev–Trinajstić information content (AvgIpc) is 2.83. The minimum Gasteiger partial charge on any atom is -0.352 e. The summed E-state index contributed by atoms with van der Waals surface area (Å²) in [5.74, 6) is 0.122. The van der Waals surface area contributed by atoms with Crippen LogP contribution in [0.2, 0.25) is 0 Å². The standard InChI is InChI=1S/C14H24N4O/c1-11-12(10-17-18-11)9-16-13(19)8-14(15-2)6-4-3-5-7-14/h10,15H,3-9H2,1-2H3,(H,16,19)(H,17,18). The Bertz CT molecular complexity index is 421. The fourth-order valence-corrected chi connectivity index (χ4v) is 2.86. The van der Waals surface area contributed by atoms with E-state index in [1.54, 1.807) is 6.20 Å². The van der Waals surface area contributed by atoms with E-state index in [1.807, 2.05) is 14.0 Å². The van der Waals surface area contributed by atoms with Gasteiger partial charge in [0.25, 0.3) is 0 Å². The van der Waals surface area contributed by atoms with Gasteiger partial charge < -0.3 is 10.6 Å². The zero-order valence-corrected chi connectivity index (χ0v) is 11.9. The molecule has 0 aliphatic heterocycles. The Morgan fingerprint density at radius 3 is 2.74 bits per heavy atom. The lowest BCUT2D eigenvalue weighted by Crippen LogP contribution is -2.48. The van der Waals surface area contributed by atoms with E-state index in [-0.39, 0.29) is 11.4 Å². The largest absolute Gasteiger partial charge is 0.352 e. The van der Waals surface area contributed by atoms with Crippen LogP contribution in [0.25, 0.3) is 0 Å². The summed E-state index contributed by atoms with van der Waals surface area (Å²) in [7, 11) is 1.97. The molecule has 1 saturated carbocycles. The summed E-state index contributed by atoms with van der Waals surface area (Å²) in [4.78, 5) is 12.1. The average molecular weight is 264 g/mol. The molecule has 0 spiro atoms. The molecule has 1 amide bonds. The minimum atomic E-state index is 0.00771. The molecule has 0 radical (unpaired) electrons. The van der Waals surface area contributed by atoms with Crippen LogP contribution in [-0.4, -0.2) is 28.7 Å². The predicted octanol–water partition coefficient (Wildman–Crippen LogP) is 1.65. The molecule has 106 valence electrons. The van der Waals surface area contributed by atoms with E-state index < -0.39 is 0 Å². The normalized spacial score (nSPS) is 18.2. The smallest absolute Gasteiger partial charge is 0.222 e. The number of hydrogen-bond donors (Lipinski definition) is 3. The van der Waals surface area contributed by atoms with Crippen LogP contribution in [0.1, 0.15) is 49.8 Å². The van der Waals surface area contributed by atoms with Crippen molar-refractivity contribution in [3.05, 3.63) is 17.5 Å². The number of amides is 1. The van der Waals surface area contributed by atoms with E-state index in [0.29, 0.717) is 13.0 Å². The van der Waals surface area contributed by atoms with Crippen molar-refractivity contribution in [1.29, 1.82) is 0 Å². The number of hydrogen-bond acceptors (Lipinski definition) is 3. The summed E-state index contributed by atoms with van der Waals surface area (Å²) >= 11 is 0. The number of nitrogens with zero attached hydrogens (tertiary/aromatic N) is 1. The second kappa shape index (κ2) is 6.19. The van der Waals surface area contributed by atoms with Gasteiger partial charge in [-0.2, -0.15) is 5.10 Å². The second-order valence-electron chi connectivity index (χ2n) is 5.56. The molecule has 1 heterocycles. The van der Waals surface area contributed by atoms with Gasteiger partial charge in [0.2, 0.25) is 5.91 Å². The van der Waals surface area contributed by atoms with Crippen LogP contribution in [-0.2, 0) is 11.3 Å². The highest BCUT2D eigenvalue weighted by molar-refractivity contribution is 5.77. The topological polar surface area (TPSA) is 69.8 Å². The lowest BCUT2D eigenvalue weighted by Gasteiger charge is -2.36. The molecule has 0 aromatic carbocycles. The molecule has 2 rings (SSSR count). The summed E-state index contributed by atoms with van der Waals surface area (Å²) in [6.45, 7) is 2.52. The maximum Gasteiger partial charge on any atom is 0.222 e. The first-order valence-corrected chi connectivity index (χ1v) is 7.10. The van der Waals surface area contributed by atoms with Crippen molar-refractivity contribution in [2.24, 2.45) is 0 Å². The molecule has 0 unspecified atom stereocenters. The molecule has 5 nitrogen and oxygen atoms in total. The van der Waals surface area contributed by atoms with Crippen LogP contribution in [0.15, 0.2) is 6.20 Å². The first-order valence-electron chi connectivity index (χ1n) is 7.10. The lowest BCUT2D eigenvalue weighted by molar-refractivity contribution is -0.123. The van der Waals surface area contributed by atoms with Crippen LogP contribution in [0.5, 0.6) is 0 Å². The van der Waals surface area contributed by atoms with Crippen molar-refractivity contribution < 1.29 is 4.79 Å². The van der Waals surface area contributed by atoms with Gasteiger partial charge in [0.1, 0.15) is 0 Å². The molecule has 3 N–H and O–H groups in total. The van der Waals surface area contributed by atoms with Crippen LogP contribution < -0.4 is 10.6 Å². The monoisotopic (exact) mass is 264 g/mol. The van der Waals surface area contributed by atoms with Gasteiger partial charge >= 0.3 is 0 Å². The number of aromatic amines is 1. The van der Waals surface area contributed by atoms with E-state index in [4.69, 9.17) is 0 Å². The van der Waals surface area contributed by atoms with Gasteiger partial charge in [0.15, 0.2) is 0 Å². The van der Waals surface area contributed by atoms with Crippen LogP contribution in [0.4, 0.5) is 0 Å². The fraction of sp³-hybridized carbons (Fsp3) is 0.714. The molecule has 1 aliphatic rings. The van der Waals surface area contributed by atoms with Gasteiger partial charge in [-0.3, -0.25) is 9.89 Å². The summed E-state index contributed by atoms with van der Waals surface area (Å²) in [5.41, 5.74) is 2.07. The molecule has 1 aromatic rings. The van der Waals surface area contributed by atoms with Crippen molar-refractivity contribution in [2.75, 3.05) is 7.05 Å². The number of carbonyl (C=O) groups excluding carboxylic acids is 1. The number of nitrogens with one attached hydrogen (secondary N) is 3. The number of rotatable bonds is 5. The molecule has 5 heteroatoms. The van der Waals surface area contributed by atoms with Gasteiger partial charge in [-0.15, -0.1) is 0 Å². The summed E-state index contributed by atoms with van der Waals surface area (Å²) in [5, 5.41) is 13.2. The summed E-state index contributed by atoms with van der Waals surface area (Å²) in [6.07, 6.45) is 8.26. The second-order valence-corrected chi connectivity index (χ2v) is 5.56. The predicted molar refractivity (Wildman–Crippen MR) is 74.7 cm³/mol. The quantitative estimate of drug-likeness (QED) is 0.757. The Kier molecular flexibility index (Phi) is 4.58. The van der Waals surface area contributed by atoms with E-state index >= 15 is 0 Å². The SMILES string of the molecule is CNC1(CC(=O)NCc2cn[nH]c2C)CCCCC1. The third kappa shape index (κ3) is 3.56. The van der Waals surface area contributed by atoms with Gasteiger partial charge in [-0.05, 0) is 26.8 Å². The van der Waals surface area contributed by atoms with Crippen LogP contribution in [0, 0.1) is 6.92 Å². The molecule has 19 heavy (non-hydrogen) atoms. The van der Waals surface area contributed by atoms with Crippen molar-refractivity contribution in [1.82, 2.24) is 20.8 Å². The van der Waals surface area contributed by atoms with E-state index in [1.165, 1.54) is 19.3 Å². The number of H-pyrrole nitrogens is 1. The number of carbonyl (C=O) groups is 1. The highest BCUT2D eigenvalue weighted by Gasteiger charge is 2.32. The Hall–Kier alpha value is -1.36. The summed E-state index contributed by atoms with van der Waals surface area (Å²) in [6, 6.07) is 0. The number of aromatic nitrogens is 2. The third-order valence-corrected chi connectivity index (χ3v) is 4.25. The van der Waals surface area contributed by atoms with E-state index in [2.05, 4.69) is 20.8 Å². The molecular weight excluding hydrogens is 240 g/mol. The van der Waals surface area contributed by atoms with Gasteiger partial charge in [0.05, 0.1) is 6.20 Å². The van der Waals surface area contributed by atoms with Crippen molar-refractivity contribution in [2.45, 2.75) is 57.5 Å². The molecular formula is C14H24N4O. The number of aryl methyl sites for hydroxylation is 1. The first kappa shape index (κ1) is 14.1. The first-order chi connectivity index (χ1) is 9.15. The van der Waals surface area contributed by atoms with Gasteiger partial charge in [-0.25, -0.2) is 0 Å². The Labute approximate surface area is 114 Å². The highest BCUT2D eigenvalue weighted by Crippen LogP contribution is 2.30. The Morgan fingerprint density at radius 1 is 1.42 bits per heavy atom. The molecule has 1 fully saturated rings. The Morgan fingerprint density at radius 2 is 2.16 bits per heavy atom. The maximum absolute atomic E-state index is 12.1.